The minimum Gasteiger partial charge on any atom is -0.493 e. The lowest BCUT2D eigenvalue weighted by Crippen LogP contribution is -2.47. The highest BCUT2D eigenvalue weighted by atomic mass is 16.5. The molecule has 3 rings (SSSR count). The lowest BCUT2D eigenvalue weighted by molar-refractivity contribution is 0.0692. The van der Waals surface area contributed by atoms with Crippen LogP contribution in [0.15, 0.2) is 48.7 Å². The second-order valence-electron chi connectivity index (χ2n) is 6.02. The van der Waals surface area contributed by atoms with Crippen molar-refractivity contribution in [1.29, 1.82) is 0 Å². The number of rotatable bonds is 7. The van der Waals surface area contributed by atoms with Crippen LogP contribution in [0.5, 0.6) is 5.75 Å². The van der Waals surface area contributed by atoms with Gasteiger partial charge in [-0.25, -0.2) is 9.78 Å². The van der Waals surface area contributed by atoms with Crippen molar-refractivity contribution < 1.29 is 14.6 Å². The van der Waals surface area contributed by atoms with E-state index < -0.39 is 5.97 Å². The van der Waals surface area contributed by atoms with Gasteiger partial charge in [-0.2, -0.15) is 0 Å². The summed E-state index contributed by atoms with van der Waals surface area (Å²) < 4.78 is 5.65. The number of para-hydroxylation sites is 1. The largest absolute Gasteiger partial charge is 0.493 e. The third-order valence-corrected chi connectivity index (χ3v) is 4.34. The molecule has 0 unspecified atom stereocenters. The summed E-state index contributed by atoms with van der Waals surface area (Å²) in [4.78, 5) is 20.3. The number of anilines is 1. The summed E-state index contributed by atoms with van der Waals surface area (Å²) >= 11 is 0. The molecule has 25 heavy (non-hydrogen) atoms. The molecule has 1 aromatic heterocycles. The average Bonchev–Trinajstić information content (AvgIpc) is 2.66. The van der Waals surface area contributed by atoms with E-state index in [4.69, 9.17) is 9.84 Å². The van der Waals surface area contributed by atoms with Gasteiger partial charge in [0.05, 0.1) is 6.61 Å². The van der Waals surface area contributed by atoms with Crippen molar-refractivity contribution in [3.63, 3.8) is 0 Å². The number of piperazine rings is 1. The quantitative estimate of drug-likeness (QED) is 0.780. The van der Waals surface area contributed by atoms with Crippen LogP contribution in [0.2, 0.25) is 0 Å². The molecular formula is C19H23N3O3. The van der Waals surface area contributed by atoms with Crippen molar-refractivity contribution in [2.75, 3.05) is 44.2 Å². The predicted molar refractivity (Wildman–Crippen MR) is 96.4 cm³/mol. The third-order valence-electron chi connectivity index (χ3n) is 4.34. The summed E-state index contributed by atoms with van der Waals surface area (Å²) in [7, 11) is 0. The van der Waals surface area contributed by atoms with E-state index in [1.807, 2.05) is 24.4 Å². The number of benzene rings is 1. The van der Waals surface area contributed by atoms with E-state index in [1.54, 1.807) is 24.3 Å². The van der Waals surface area contributed by atoms with Crippen LogP contribution < -0.4 is 9.64 Å². The molecule has 2 aromatic rings. The maximum absolute atomic E-state index is 11.2. The number of carboxylic acids is 1. The SMILES string of the molecule is O=C(O)c1ccccc1OCCCN1CCN(c2ccccn2)CC1. The van der Waals surface area contributed by atoms with Crippen LogP contribution in [0.3, 0.4) is 0 Å². The molecule has 2 heterocycles. The smallest absolute Gasteiger partial charge is 0.339 e. The first-order valence-electron chi connectivity index (χ1n) is 8.57. The molecule has 1 aliphatic heterocycles. The van der Waals surface area contributed by atoms with Crippen LogP contribution in [0, 0.1) is 0 Å². The van der Waals surface area contributed by atoms with Gasteiger partial charge in [0.2, 0.25) is 0 Å². The molecule has 0 spiro atoms. The minimum absolute atomic E-state index is 0.214. The molecule has 0 radical (unpaired) electrons. The van der Waals surface area contributed by atoms with Gasteiger partial charge in [0.25, 0.3) is 0 Å². The molecule has 1 aliphatic rings. The van der Waals surface area contributed by atoms with Gasteiger partial charge in [0.15, 0.2) is 0 Å². The number of carbonyl (C=O) groups is 1. The zero-order chi connectivity index (χ0) is 17.5. The molecule has 1 fully saturated rings. The molecule has 1 N–H and O–H groups in total. The predicted octanol–water partition coefficient (Wildman–Crippen LogP) is 2.37. The van der Waals surface area contributed by atoms with Gasteiger partial charge < -0.3 is 14.7 Å². The summed E-state index contributed by atoms with van der Waals surface area (Å²) in [5.74, 6) is 0.520. The maximum atomic E-state index is 11.2. The van der Waals surface area contributed by atoms with Crippen molar-refractivity contribution in [2.24, 2.45) is 0 Å². The molecule has 6 heteroatoms. The lowest BCUT2D eigenvalue weighted by atomic mass is 10.2. The third kappa shape index (κ3) is 4.70. The van der Waals surface area contributed by atoms with Crippen molar-refractivity contribution in [2.45, 2.75) is 6.42 Å². The van der Waals surface area contributed by atoms with Gasteiger partial charge in [-0.1, -0.05) is 18.2 Å². The van der Waals surface area contributed by atoms with E-state index in [0.717, 1.165) is 45.0 Å². The van der Waals surface area contributed by atoms with Crippen LogP contribution in [0.1, 0.15) is 16.8 Å². The Bertz CT molecular complexity index is 685. The fourth-order valence-corrected chi connectivity index (χ4v) is 2.98. The van der Waals surface area contributed by atoms with E-state index in [-0.39, 0.29) is 5.56 Å². The summed E-state index contributed by atoms with van der Waals surface area (Å²) in [6.07, 6.45) is 2.70. The Morgan fingerprint density at radius 2 is 1.84 bits per heavy atom. The van der Waals surface area contributed by atoms with Crippen molar-refractivity contribution in [3.8, 4) is 5.75 Å². The monoisotopic (exact) mass is 341 g/mol. The Labute approximate surface area is 147 Å². The fraction of sp³-hybridized carbons (Fsp3) is 0.368. The van der Waals surface area contributed by atoms with Crippen LogP contribution in [-0.2, 0) is 0 Å². The Hall–Kier alpha value is -2.60. The average molecular weight is 341 g/mol. The normalized spacial score (nSPS) is 15.1. The second-order valence-corrected chi connectivity index (χ2v) is 6.02. The Morgan fingerprint density at radius 1 is 1.08 bits per heavy atom. The molecule has 0 aliphatic carbocycles. The van der Waals surface area contributed by atoms with Gasteiger partial charge in [-0.15, -0.1) is 0 Å². The standard InChI is InChI=1S/C19H23N3O3/c23-19(24)16-6-1-2-7-17(16)25-15-5-10-21-11-13-22(14-12-21)18-8-3-4-9-20-18/h1-4,6-9H,5,10-15H2,(H,23,24). The fourth-order valence-electron chi connectivity index (χ4n) is 2.98. The summed E-state index contributed by atoms with van der Waals surface area (Å²) in [6.45, 7) is 5.42. The number of ether oxygens (including phenoxy) is 1. The summed E-state index contributed by atoms with van der Waals surface area (Å²) in [5, 5.41) is 9.15. The number of aromatic nitrogens is 1. The number of hydrogen-bond donors (Lipinski definition) is 1. The zero-order valence-corrected chi connectivity index (χ0v) is 14.2. The number of pyridine rings is 1. The highest BCUT2D eigenvalue weighted by Crippen LogP contribution is 2.18. The number of nitrogens with zero attached hydrogens (tertiary/aromatic N) is 3. The van der Waals surface area contributed by atoms with E-state index in [1.165, 1.54) is 0 Å². The molecule has 0 saturated carbocycles. The molecular weight excluding hydrogens is 318 g/mol. The molecule has 1 aromatic carbocycles. The van der Waals surface area contributed by atoms with E-state index in [0.29, 0.717) is 12.4 Å². The highest BCUT2D eigenvalue weighted by molar-refractivity contribution is 5.90. The van der Waals surface area contributed by atoms with E-state index in [2.05, 4.69) is 14.8 Å². The number of carboxylic acid groups (broad SMARTS) is 1. The van der Waals surface area contributed by atoms with Gasteiger partial charge in [-0.05, 0) is 30.7 Å². The molecule has 0 bridgehead atoms. The van der Waals surface area contributed by atoms with E-state index >= 15 is 0 Å². The number of hydrogen-bond acceptors (Lipinski definition) is 5. The first kappa shape index (κ1) is 17.2. The molecule has 132 valence electrons. The van der Waals surface area contributed by atoms with Crippen LogP contribution in [0.4, 0.5) is 5.82 Å². The van der Waals surface area contributed by atoms with E-state index in [9.17, 15) is 4.79 Å². The minimum atomic E-state index is -0.957. The van der Waals surface area contributed by atoms with Gasteiger partial charge in [0.1, 0.15) is 17.1 Å². The first-order valence-corrected chi connectivity index (χ1v) is 8.57. The zero-order valence-electron chi connectivity index (χ0n) is 14.2. The number of aromatic carboxylic acids is 1. The van der Waals surface area contributed by atoms with Crippen LogP contribution >= 0.6 is 0 Å². The summed E-state index contributed by atoms with van der Waals surface area (Å²) in [5.41, 5.74) is 0.214. The lowest BCUT2D eigenvalue weighted by Gasteiger charge is -2.35. The van der Waals surface area contributed by atoms with Crippen molar-refractivity contribution in [3.05, 3.63) is 54.2 Å². The topological polar surface area (TPSA) is 65.9 Å². The first-order chi connectivity index (χ1) is 12.2. The Kier molecular flexibility index (Phi) is 5.85. The van der Waals surface area contributed by atoms with Crippen LogP contribution in [-0.4, -0.2) is 60.3 Å². The molecule has 6 nitrogen and oxygen atoms in total. The molecule has 0 amide bonds. The van der Waals surface area contributed by atoms with Crippen LogP contribution in [0.25, 0.3) is 0 Å². The molecule has 0 atom stereocenters. The van der Waals surface area contributed by atoms with Crippen molar-refractivity contribution >= 4 is 11.8 Å². The Morgan fingerprint density at radius 3 is 2.56 bits per heavy atom. The van der Waals surface area contributed by atoms with Gasteiger partial charge in [0, 0.05) is 38.9 Å². The van der Waals surface area contributed by atoms with Gasteiger partial charge >= 0.3 is 5.97 Å². The summed E-state index contributed by atoms with van der Waals surface area (Å²) in [6, 6.07) is 12.8. The van der Waals surface area contributed by atoms with Crippen molar-refractivity contribution in [1.82, 2.24) is 9.88 Å². The molecule has 1 saturated heterocycles. The maximum Gasteiger partial charge on any atom is 0.339 e. The Balaban J connectivity index is 1.39. The highest BCUT2D eigenvalue weighted by Gasteiger charge is 2.17. The second kappa shape index (κ2) is 8.48. The van der Waals surface area contributed by atoms with Gasteiger partial charge in [-0.3, -0.25) is 4.90 Å².